The number of nitrogens with zero attached hydrogens (tertiary/aromatic N) is 1. The Morgan fingerprint density at radius 1 is 1.36 bits per heavy atom. The van der Waals surface area contributed by atoms with Crippen LogP contribution in [0.25, 0.3) is 0 Å². The molecule has 1 heterocycles. The van der Waals surface area contributed by atoms with E-state index in [1.54, 1.807) is 37.3 Å². The maximum absolute atomic E-state index is 12.1. The number of halogens is 1. The number of benzene rings is 1. The average Bonchev–Trinajstić information content (AvgIpc) is 2.83. The molecule has 22 heavy (non-hydrogen) atoms. The SMILES string of the molecule is Cc1cc(CC(=O)N[C@H](CC(=O)O)c2ccc(Br)cc2)no1. The largest absolute Gasteiger partial charge is 0.481 e. The third-order valence-corrected chi connectivity index (χ3v) is 3.53. The highest BCUT2D eigenvalue weighted by Crippen LogP contribution is 2.20. The highest BCUT2D eigenvalue weighted by molar-refractivity contribution is 9.10. The molecule has 0 unspecified atom stereocenters. The molecular weight excluding hydrogens is 352 g/mol. The highest BCUT2D eigenvalue weighted by atomic mass is 79.9. The number of aryl methyl sites for hydroxylation is 1. The quantitative estimate of drug-likeness (QED) is 0.819. The van der Waals surface area contributed by atoms with Gasteiger partial charge in [0.05, 0.1) is 24.6 Å². The molecule has 0 radical (unpaired) electrons. The second-order valence-corrected chi connectivity index (χ2v) is 5.79. The van der Waals surface area contributed by atoms with Crippen LogP contribution in [0, 0.1) is 6.92 Å². The number of hydrogen-bond donors (Lipinski definition) is 2. The first-order chi connectivity index (χ1) is 10.4. The predicted octanol–water partition coefficient (Wildman–Crippen LogP) is 2.62. The van der Waals surface area contributed by atoms with Crippen LogP contribution in [0.15, 0.2) is 39.3 Å². The van der Waals surface area contributed by atoms with Gasteiger partial charge in [-0.2, -0.15) is 0 Å². The van der Waals surface area contributed by atoms with Gasteiger partial charge in [-0.15, -0.1) is 0 Å². The molecule has 0 fully saturated rings. The van der Waals surface area contributed by atoms with Crippen LogP contribution in [0.3, 0.4) is 0 Å². The molecule has 1 aromatic heterocycles. The summed E-state index contributed by atoms with van der Waals surface area (Å²) in [7, 11) is 0. The van der Waals surface area contributed by atoms with Crippen molar-refractivity contribution in [1.82, 2.24) is 10.5 Å². The molecule has 0 aliphatic heterocycles. The number of carboxylic acid groups (broad SMARTS) is 1. The molecule has 6 nitrogen and oxygen atoms in total. The first-order valence-electron chi connectivity index (χ1n) is 6.63. The van der Waals surface area contributed by atoms with Crippen LogP contribution in [0.4, 0.5) is 0 Å². The van der Waals surface area contributed by atoms with Gasteiger partial charge in [-0.25, -0.2) is 0 Å². The minimum absolute atomic E-state index is 0.0456. The van der Waals surface area contributed by atoms with Gasteiger partial charge >= 0.3 is 5.97 Å². The van der Waals surface area contributed by atoms with E-state index >= 15 is 0 Å². The number of aromatic nitrogens is 1. The van der Waals surface area contributed by atoms with E-state index in [9.17, 15) is 9.59 Å². The third kappa shape index (κ3) is 4.70. The van der Waals surface area contributed by atoms with E-state index in [-0.39, 0.29) is 18.7 Å². The zero-order valence-corrected chi connectivity index (χ0v) is 13.5. The number of carbonyl (C=O) groups excluding carboxylic acids is 1. The molecule has 1 amide bonds. The topological polar surface area (TPSA) is 92.4 Å². The second kappa shape index (κ2) is 7.22. The predicted molar refractivity (Wildman–Crippen MR) is 82.2 cm³/mol. The Hall–Kier alpha value is -2.15. The number of carboxylic acids is 1. The maximum Gasteiger partial charge on any atom is 0.305 e. The van der Waals surface area contributed by atoms with Crippen molar-refractivity contribution in [3.05, 3.63) is 51.8 Å². The maximum atomic E-state index is 12.1. The lowest BCUT2D eigenvalue weighted by Gasteiger charge is -2.17. The summed E-state index contributed by atoms with van der Waals surface area (Å²) in [4.78, 5) is 23.1. The lowest BCUT2D eigenvalue weighted by Crippen LogP contribution is -2.31. The summed E-state index contributed by atoms with van der Waals surface area (Å²) in [6.07, 6.45) is -0.144. The normalized spacial score (nSPS) is 11.9. The molecule has 2 N–H and O–H groups in total. The Morgan fingerprint density at radius 3 is 2.59 bits per heavy atom. The van der Waals surface area contributed by atoms with Gasteiger partial charge in [0.25, 0.3) is 0 Å². The summed E-state index contributed by atoms with van der Waals surface area (Å²) in [5, 5.41) is 15.5. The Kier molecular flexibility index (Phi) is 5.32. The van der Waals surface area contributed by atoms with Crippen LogP contribution in [0.2, 0.25) is 0 Å². The van der Waals surface area contributed by atoms with Crippen molar-refractivity contribution in [1.29, 1.82) is 0 Å². The van der Waals surface area contributed by atoms with E-state index in [1.165, 1.54) is 0 Å². The van der Waals surface area contributed by atoms with E-state index in [0.717, 1.165) is 10.0 Å². The molecule has 1 aromatic carbocycles. The smallest absolute Gasteiger partial charge is 0.305 e. The number of nitrogens with one attached hydrogen (secondary N) is 1. The van der Waals surface area contributed by atoms with E-state index in [0.29, 0.717) is 11.5 Å². The van der Waals surface area contributed by atoms with E-state index in [1.807, 2.05) is 0 Å². The lowest BCUT2D eigenvalue weighted by atomic mass is 10.0. The summed E-state index contributed by atoms with van der Waals surface area (Å²) in [5.41, 5.74) is 1.25. The molecule has 2 rings (SSSR count). The highest BCUT2D eigenvalue weighted by Gasteiger charge is 2.19. The van der Waals surface area contributed by atoms with Gasteiger partial charge in [0.15, 0.2) is 0 Å². The third-order valence-electron chi connectivity index (χ3n) is 3.00. The minimum atomic E-state index is -0.981. The standard InChI is InChI=1S/C15H15BrN2O4/c1-9-6-12(18-22-9)7-14(19)17-13(8-15(20)21)10-2-4-11(16)5-3-10/h2-6,13H,7-8H2,1H3,(H,17,19)(H,20,21)/t13-/m1/s1. The number of carbonyl (C=O) groups is 2. The first kappa shape index (κ1) is 16.2. The number of amides is 1. The minimum Gasteiger partial charge on any atom is -0.481 e. The van der Waals surface area contributed by atoms with Crippen LogP contribution in [0.1, 0.15) is 29.5 Å². The Morgan fingerprint density at radius 2 is 2.05 bits per heavy atom. The molecule has 0 saturated heterocycles. The summed E-state index contributed by atoms with van der Waals surface area (Å²) in [6, 6.07) is 8.24. The average molecular weight is 367 g/mol. The molecule has 0 aliphatic rings. The van der Waals surface area contributed by atoms with Crippen LogP contribution in [-0.2, 0) is 16.0 Å². The monoisotopic (exact) mass is 366 g/mol. The van der Waals surface area contributed by atoms with Gasteiger partial charge in [0.1, 0.15) is 5.76 Å². The summed E-state index contributed by atoms with van der Waals surface area (Å²) < 4.78 is 5.79. The Balaban J connectivity index is 2.07. The van der Waals surface area contributed by atoms with Crippen molar-refractivity contribution >= 4 is 27.8 Å². The van der Waals surface area contributed by atoms with Crippen molar-refractivity contribution in [2.45, 2.75) is 25.8 Å². The zero-order valence-electron chi connectivity index (χ0n) is 11.9. The fourth-order valence-corrected chi connectivity index (χ4v) is 2.30. The van der Waals surface area contributed by atoms with E-state index < -0.39 is 12.0 Å². The van der Waals surface area contributed by atoms with Crippen LogP contribution < -0.4 is 5.32 Å². The fraction of sp³-hybridized carbons (Fsp3) is 0.267. The van der Waals surface area contributed by atoms with Crippen molar-refractivity contribution < 1.29 is 19.2 Å². The van der Waals surface area contributed by atoms with Gasteiger partial charge in [0.2, 0.25) is 5.91 Å². The van der Waals surface area contributed by atoms with Gasteiger partial charge in [-0.3, -0.25) is 9.59 Å². The van der Waals surface area contributed by atoms with Gasteiger partial charge in [-0.1, -0.05) is 33.2 Å². The molecule has 2 aromatic rings. The van der Waals surface area contributed by atoms with Crippen molar-refractivity contribution in [3.8, 4) is 0 Å². The summed E-state index contributed by atoms with van der Waals surface area (Å²) in [5.74, 6) is -0.661. The van der Waals surface area contributed by atoms with Crippen molar-refractivity contribution in [3.63, 3.8) is 0 Å². The first-order valence-corrected chi connectivity index (χ1v) is 7.42. The van der Waals surface area contributed by atoms with E-state index in [2.05, 4.69) is 26.4 Å². The molecular formula is C15H15BrN2O4. The molecule has 0 aliphatic carbocycles. The van der Waals surface area contributed by atoms with Crippen LogP contribution in [0.5, 0.6) is 0 Å². The molecule has 1 atom stereocenters. The van der Waals surface area contributed by atoms with Gasteiger partial charge in [-0.05, 0) is 24.6 Å². The van der Waals surface area contributed by atoms with Gasteiger partial charge in [0, 0.05) is 10.5 Å². The molecule has 0 saturated carbocycles. The van der Waals surface area contributed by atoms with E-state index in [4.69, 9.17) is 9.63 Å². The second-order valence-electron chi connectivity index (χ2n) is 4.88. The molecule has 116 valence electrons. The number of aliphatic carboxylic acids is 1. The number of hydrogen-bond acceptors (Lipinski definition) is 4. The molecule has 0 bridgehead atoms. The van der Waals surface area contributed by atoms with Crippen LogP contribution in [-0.4, -0.2) is 22.1 Å². The molecule has 0 spiro atoms. The lowest BCUT2D eigenvalue weighted by molar-refractivity contribution is -0.137. The Bertz CT molecular complexity index is 666. The number of rotatable bonds is 6. The van der Waals surface area contributed by atoms with Crippen molar-refractivity contribution in [2.75, 3.05) is 0 Å². The fourth-order valence-electron chi connectivity index (χ4n) is 2.03. The van der Waals surface area contributed by atoms with Gasteiger partial charge < -0.3 is 14.9 Å². The van der Waals surface area contributed by atoms with Crippen LogP contribution >= 0.6 is 15.9 Å². The zero-order chi connectivity index (χ0) is 16.1. The van der Waals surface area contributed by atoms with Crippen molar-refractivity contribution in [2.24, 2.45) is 0 Å². The Labute approximate surface area is 135 Å². The summed E-state index contributed by atoms with van der Waals surface area (Å²) in [6.45, 7) is 1.74. The summed E-state index contributed by atoms with van der Waals surface area (Å²) >= 11 is 3.32. The molecule has 7 heteroatoms.